The molecule has 0 radical (unpaired) electrons. The molecule has 10 nitrogen and oxygen atoms in total. The molecule has 51 heavy (non-hydrogen) atoms. The summed E-state index contributed by atoms with van der Waals surface area (Å²) in [4.78, 5) is 27.7. The molecule has 0 saturated carbocycles. The molecule has 11 heteroatoms. The Kier molecular flexibility index (Phi) is 9.68. The zero-order valence-corrected chi connectivity index (χ0v) is 30.6. The number of anilines is 1. The van der Waals surface area contributed by atoms with E-state index in [2.05, 4.69) is 69.9 Å². The average Bonchev–Trinajstić information content (AvgIpc) is 3.67. The van der Waals surface area contributed by atoms with E-state index in [1.54, 1.807) is 31.2 Å². The lowest BCUT2D eigenvalue weighted by Gasteiger charge is -2.20. The number of rotatable bonds is 9. The molecule has 2 heterocycles. The zero-order chi connectivity index (χ0) is 36.5. The van der Waals surface area contributed by atoms with Crippen molar-refractivity contribution in [1.29, 1.82) is 0 Å². The first kappa shape index (κ1) is 35.3. The molecular formula is C40H41N5O5S. The van der Waals surface area contributed by atoms with Crippen LogP contribution < -0.4 is 20.3 Å². The summed E-state index contributed by atoms with van der Waals surface area (Å²) in [6.45, 7) is 14.5. The highest BCUT2D eigenvalue weighted by molar-refractivity contribution is 7.78. The quantitative estimate of drug-likeness (QED) is 0.145. The third-order valence-corrected chi connectivity index (χ3v) is 8.75. The Balaban J connectivity index is 1.31. The van der Waals surface area contributed by atoms with Gasteiger partial charge in [-0.15, -0.1) is 10.2 Å². The van der Waals surface area contributed by atoms with Crippen LogP contribution in [0.15, 0.2) is 112 Å². The lowest BCUT2D eigenvalue weighted by atomic mass is 9.87. The third kappa shape index (κ3) is 7.78. The highest BCUT2D eigenvalue weighted by Gasteiger charge is 2.29. The largest absolute Gasteiger partial charge is 0.481 e. The predicted molar refractivity (Wildman–Crippen MR) is 202 cm³/mol. The lowest BCUT2D eigenvalue weighted by molar-refractivity contribution is -0.122. The lowest BCUT2D eigenvalue weighted by Crippen LogP contribution is -2.31. The van der Waals surface area contributed by atoms with E-state index in [1.165, 1.54) is 14.3 Å². The van der Waals surface area contributed by atoms with E-state index in [1.807, 2.05) is 78.9 Å². The van der Waals surface area contributed by atoms with Crippen molar-refractivity contribution in [2.24, 2.45) is 0 Å². The summed E-state index contributed by atoms with van der Waals surface area (Å²) >= 11 is 4.66. The molecule has 6 aromatic rings. The van der Waals surface area contributed by atoms with E-state index in [9.17, 15) is 9.59 Å². The maximum absolute atomic E-state index is 14.2. The predicted octanol–water partition coefficient (Wildman–Crippen LogP) is 8.84. The number of amides is 1. The fraction of sp³-hybridized carbons (Fsp3) is 0.250. The van der Waals surface area contributed by atoms with Gasteiger partial charge in [0, 0.05) is 5.56 Å². The fourth-order valence-electron chi connectivity index (χ4n) is 5.37. The fourth-order valence-corrected chi connectivity index (χ4v) is 5.71. The van der Waals surface area contributed by atoms with Crippen LogP contribution in [-0.4, -0.2) is 31.0 Å². The highest BCUT2D eigenvalue weighted by Crippen LogP contribution is 2.32. The van der Waals surface area contributed by atoms with Gasteiger partial charge in [-0.25, -0.2) is 8.77 Å². The summed E-state index contributed by atoms with van der Waals surface area (Å²) in [5.74, 6) is 1.45. The molecule has 1 atom stereocenters. The van der Waals surface area contributed by atoms with Gasteiger partial charge in [0.05, 0.1) is 5.69 Å². The van der Waals surface area contributed by atoms with E-state index in [-0.39, 0.29) is 34.0 Å². The number of thiol groups is 1. The van der Waals surface area contributed by atoms with E-state index in [0.29, 0.717) is 28.5 Å². The van der Waals surface area contributed by atoms with Crippen molar-refractivity contribution < 1.29 is 18.7 Å². The summed E-state index contributed by atoms with van der Waals surface area (Å²) in [5.41, 5.74) is 2.90. The van der Waals surface area contributed by atoms with Crippen LogP contribution in [0.1, 0.15) is 59.6 Å². The van der Waals surface area contributed by atoms with Crippen LogP contribution in [0.2, 0.25) is 0 Å². The monoisotopic (exact) mass is 703 g/mol. The number of hydrogen-bond acceptors (Lipinski definition) is 8. The van der Waals surface area contributed by atoms with Crippen LogP contribution in [0.4, 0.5) is 5.82 Å². The van der Waals surface area contributed by atoms with Gasteiger partial charge in [-0.3, -0.25) is 9.59 Å². The minimum atomic E-state index is -0.929. The van der Waals surface area contributed by atoms with Gasteiger partial charge in [-0.2, -0.15) is 0 Å². The van der Waals surface area contributed by atoms with Crippen molar-refractivity contribution in [2.75, 3.05) is 5.32 Å². The van der Waals surface area contributed by atoms with Gasteiger partial charge in [0.2, 0.25) is 5.89 Å². The summed E-state index contributed by atoms with van der Waals surface area (Å²) in [6, 6.07) is 31.7. The van der Waals surface area contributed by atoms with Crippen LogP contribution in [0, 0.1) is 0 Å². The van der Waals surface area contributed by atoms with Crippen LogP contribution >= 0.6 is 12.8 Å². The van der Waals surface area contributed by atoms with Crippen molar-refractivity contribution >= 4 is 24.5 Å². The number of carbonyl (C=O) groups is 1. The first-order valence-electron chi connectivity index (χ1n) is 16.6. The van der Waals surface area contributed by atoms with E-state index < -0.39 is 17.6 Å². The Morgan fingerprint density at radius 2 is 1.25 bits per heavy atom. The van der Waals surface area contributed by atoms with E-state index in [0.717, 1.165) is 5.56 Å². The molecule has 1 amide bonds. The second kappa shape index (κ2) is 14.0. The molecule has 0 spiro atoms. The number of carbonyl (C=O) groups excluding carboxylic acids is 1. The van der Waals surface area contributed by atoms with Crippen LogP contribution in [0.25, 0.3) is 28.6 Å². The van der Waals surface area contributed by atoms with Gasteiger partial charge in [-0.1, -0.05) is 84.0 Å². The molecule has 0 saturated heterocycles. The Bertz CT molecular complexity index is 2190. The second-order valence-electron chi connectivity index (χ2n) is 14.3. The van der Waals surface area contributed by atoms with Crippen molar-refractivity contribution in [1.82, 2.24) is 19.0 Å². The summed E-state index contributed by atoms with van der Waals surface area (Å²) in [6.07, 6.45) is -0.929. The summed E-state index contributed by atoms with van der Waals surface area (Å²) in [5, 5.41) is 11.2. The number of hydrogen-bond donors (Lipinski definition) is 2. The number of nitrogens with zero attached hydrogens (tertiary/aromatic N) is 4. The molecule has 0 fully saturated rings. The van der Waals surface area contributed by atoms with Gasteiger partial charge in [0.1, 0.15) is 22.8 Å². The van der Waals surface area contributed by atoms with Gasteiger partial charge < -0.3 is 19.2 Å². The minimum absolute atomic E-state index is 0.0257. The van der Waals surface area contributed by atoms with Crippen molar-refractivity contribution in [3.05, 3.63) is 125 Å². The average molecular weight is 704 g/mol. The first-order chi connectivity index (χ1) is 24.2. The maximum Gasteiger partial charge on any atom is 0.287 e. The number of benzene rings is 4. The molecule has 0 aliphatic carbocycles. The van der Waals surface area contributed by atoms with Gasteiger partial charge >= 0.3 is 0 Å². The minimum Gasteiger partial charge on any atom is -0.481 e. The molecule has 1 unspecified atom stereocenters. The third-order valence-electron chi connectivity index (χ3n) is 8.37. The molecule has 1 N–H and O–H groups in total. The topological polar surface area (TPSA) is 113 Å². The van der Waals surface area contributed by atoms with E-state index in [4.69, 9.17) is 13.9 Å². The van der Waals surface area contributed by atoms with Crippen LogP contribution in [0.3, 0.4) is 0 Å². The highest BCUT2D eigenvalue weighted by atomic mass is 32.1. The molecule has 6 rings (SSSR count). The molecule has 4 aromatic carbocycles. The molecule has 0 aliphatic heterocycles. The Morgan fingerprint density at radius 3 is 1.80 bits per heavy atom. The molecule has 0 aliphatic rings. The van der Waals surface area contributed by atoms with Crippen LogP contribution in [0.5, 0.6) is 17.2 Å². The maximum atomic E-state index is 14.2. The van der Waals surface area contributed by atoms with Crippen LogP contribution in [-0.2, 0) is 15.6 Å². The van der Waals surface area contributed by atoms with Gasteiger partial charge in [-0.05, 0) is 102 Å². The van der Waals surface area contributed by atoms with Gasteiger partial charge in [0.15, 0.2) is 11.9 Å². The first-order valence-corrected chi connectivity index (χ1v) is 17.0. The summed E-state index contributed by atoms with van der Waals surface area (Å²) in [7, 11) is 0. The summed E-state index contributed by atoms with van der Waals surface area (Å²) < 4.78 is 20.6. The molecule has 262 valence electrons. The second-order valence-corrected chi connectivity index (χ2v) is 14.7. The van der Waals surface area contributed by atoms with Crippen molar-refractivity contribution in [3.63, 3.8) is 0 Å². The molecular weight excluding hydrogens is 663 g/mol. The SMILES string of the molecule is CC(Oc1ccc(C(C)(C)C)cc1)C(=O)Nc1c(-c2nnc(-c3ccccc3)o2)c(=O)n(-c2ccc(Oc3ccc(C(C)(C)C)cc3)cc2)n1S. The smallest absolute Gasteiger partial charge is 0.287 e. The van der Waals surface area contributed by atoms with Gasteiger partial charge in [0.25, 0.3) is 17.4 Å². The molecule has 2 aromatic heterocycles. The Labute approximate surface area is 302 Å². The number of ether oxygens (including phenoxy) is 2. The normalized spacial score (nSPS) is 12.4. The Hall–Kier alpha value is -5.55. The van der Waals surface area contributed by atoms with E-state index >= 15 is 0 Å². The number of nitrogens with one attached hydrogen (secondary N) is 1. The van der Waals surface area contributed by atoms with Crippen molar-refractivity contribution in [2.45, 2.75) is 65.4 Å². The Morgan fingerprint density at radius 1 is 0.745 bits per heavy atom. The standard InChI is InChI=1S/C40H41N5O5S/c1-25(48-30-19-13-27(14-20-30)39(2,3)4)35(46)41-34-33(37-43-42-36(50-37)26-11-9-8-10-12-26)38(47)44(45(34)51)29-17-23-32(24-18-29)49-31-21-15-28(16-22-31)40(5,6)7/h8-25,51H,1-7H3,(H,41,46). The molecule has 0 bridgehead atoms. The zero-order valence-electron chi connectivity index (χ0n) is 29.7. The number of aromatic nitrogens is 4. The van der Waals surface area contributed by atoms with Crippen molar-refractivity contribution in [3.8, 4) is 45.8 Å².